The normalized spacial score (nSPS) is 13.7. The van der Waals surface area contributed by atoms with Gasteiger partial charge in [0.25, 0.3) is 5.91 Å². The number of amides is 2. The maximum Gasteiger partial charge on any atom is 0.254 e. The van der Waals surface area contributed by atoms with E-state index in [9.17, 15) is 9.59 Å². The number of pyridine rings is 1. The third kappa shape index (κ3) is 4.83. The lowest BCUT2D eigenvalue weighted by molar-refractivity contribution is -0.129. The molecule has 0 atom stereocenters. The Bertz CT molecular complexity index is 761. The first-order valence-corrected chi connectivity index (χ1v) is 9.69. The minimum absolute atomic E-state index is 0.0239. The van der Waals surface area contributed by atoms with Gasteiger partial charge in [0.05, 0.1) is 12.1 Å². The summed E-state index contributed by atoms with van der Waals surface area (Å²) in [6, 6.07) is 11.3. The van der Waals surface area contributed by atoms with Crippen LogP contribution in [0.15, 0.2) is 57.0 Å². The Morgan fingerprint density at radius 2 is 1.88 bits per heavy atom. The van der Waals surface area contributed by atoms with Crippen molar-refractivity contribution in [3.8, 4) is 0 Å². The minimum Gasteiger partial charge on any atom is -0.343 e. The van der Waals surface area contributed by atoms with E-state index in [2.05, 4.69) is 26.2 Å². The zero-order chi connectivity index (χ0) is 17.6. The molecule has 5 nitrogen and oxygen atoms in total. The molecule has 1 fully saturated rings. The van der Waals surface area contributed by atoms with Crippen molar-refractivity contribution in [2.75, 3.05) is 19.6 Å². The van der Waals surface area contributed by atoms with Gasteiger partial charge in [0.15, 0.2) is 0 Å². The average Bonchev–Trinajstić information content (AvgIpc) is 3.16. The summed E-state index contributed by atoms with van der Waals surface area (Å²) in [5, 5.41) is 3.34. The second-order valence-electron chi connectivity index (χ2n) is 5.68. The molecule has 3 rings (SSSR count). The second-order valence-corrected chi connectivity index (χ2v) is 7.66. The number of halogens is 1. The van der Waals surface area contributed by atoms with Crippen molar-refractivity contribution < 1.29 is 9.59 Å². The molecule has 130 valence electrons. The summed E-state index contributed by atoms with van der Waals surface area (Å²) in [5.74, 6) is -0.308. The lowest BCUT2D eigenvalue weighted by Crippen LogP contribution is -2.38. The van der Waals surface area contributed by atoms with Crippen molar-refractivity contribution in [3.05, 3.63) is 52.6 Å². The fraction of sp³-hybridized carbons (Fsp3) is 0.278. The number of carbonyl (C=O) groups excluding carboxylic acids is 2. The predicted molar refractivity (Wildman–Crippen MR) is 101 cm³/mol. The highest BCUT2D eigenvalue weighted by Crippen LogP contribution is 2.29. The number of nitrogens with zero attached hydrogens (tertiary/aromatic N) is 2. The Labute approximate surface area is 159 Å². The summed E-state index contributed by atoms with van der Waals surface area (Å²) >= 11 is 4.83. The fourth-order valence-corrected chi connectivity index (χ4v) is 3.73. The molecular weight excluding hydrogens is 402 g/mol. The van der Waals surface area contributed by atoms with Gasteiger partial charge in [-0.05, 0) is 49.2 Å². The van der Waals surface area contributed by atoms with E-state index < -0.39 is 0 Å². The fourth-order valence-electron chi connectivity index (χ4n) is 2.59. The number of hydrogen-bond donors (Lipinski definition) is 1. The van der Waals surface area contributed by atoms with Gasteiger partial charge in [-0.1, -0.05) is 27.7 Å². The highest BCUT2D eigenvalue weighted by atomic mass is 79.9. The molecular formula is C18H18BrN3O2S. The van der Waals surface area contributed by atoms with Crippen LogP contribution >= 0.6 is 27.7 Å². The van der Waals surface area contributed by atoms with Gasteiger partial charge in [-0.3, -0.25) is 9.59 Å². The van der Waals surface area contributed by atoms with Crippen molar-refractivity contribution in [2.45, 2.75) is 22.8 Å². The number of aromatic nitrogens is 1. The number of nitrogens with one attached hydrogen (secondary N) is 1. The van der Waals surface area contributed by atoms with E-state index in [0.29, 0.717) is 10.6 Å². The van der Waals surface area contributed by atoms with Crippen molar-refractivity contribution in [3.63, 3.8) is 0 Å². The third-order valence-corrected chi connectivity index (χ3v) is 5.46. The summed E-state index contributed by atoms with van der Waals surface area (Å²) in [7, 11) is 0. The number of rotatable bonds is 5. The number of likely N-dealkylation sites (tertiary alicyclic amines) is 1. The molecule has 0 spiro atoms. The highest BCUT2D eigenvalue weighted by molar-refractivity contribution is 9.10. The molecule has 0 aliphatic carbocycles. The van der Waals surface area contributed by atoms with Crippen molar-refractivity contribution in [1.82, 2.24) is 15.2 Å². The largest absolute Gasteiger partial charge is 0.343 e. The first-order chi connectivity index (χ1) is 12.1. The first-order valence-electron chi connectivity index (χ1n) is 8.08. The van der Waals surface area contributed by atoms with Crippen LogP contribution in [0.5, 0.6) is 0 Å². The van der Waals surface area contributed by atoms with Crippen LogP contribution in [0.4, 0.5) is 0 Å². The molecule has 1 saturated heterocycles. The van der Waals surface area contributed by atoms with Gasteiger partial charge >= 0.3 is 0 Å². The lowest BCUT2D eigenvalue weighted by Gasteiger charge is -2.15. The van der Waals surface area contributed by atoms with E-state index >= 15 is 0 Å². The molecule has 1 N–H and O–H groups in total. The molecule has 1 aliphatic rings. The number of carbonyl (C=O) groups is 2. The Balaban J connectivity index is 1.65. The van der Waals surface area contributed by atoms with Gasteiger partial charge in [0, 0.05) is 28.7 Å². The molecule has 0 unspecified atom stereocenters. The standard InChI is InChI=1S/C18H18BrN3O2S/c19-13-5-7-14(8-6-13)25-18-15(4-3-9-20-18)17(24)21-12-16(23)22-10-1-2-11-22/h3-9H,1-2,10-12H2,(H,21,24). The number of hydrogen-bond acceptors (Lipinski definition) is 4. The molecule has 25 heavy (non-hydrogen) atoms. The molecule has 0 saturated carbocycles. The van der Waals surface area contributed by atoms with Gasteiger partial charge in [-0.2, -0.15) is 0 Å². The average molecular weight is 420 g/mol. The summed E-state index contributed by atoms with van der Waals surface area (Å²) in [6.07, 6.45) is 3.74. The third-order valence-electron chi connectivity index (χ3n) is 3.90. The molecule has 2 aromatic rings. The van der Waals surface area contributed by atoms with Crippen LogP contribution in [-0.4, -0.2) is 41.3 Å². The van der Waals surface area contributed by atoms with E-state index in [-0.39, 0.29) is 18.4 Å². The van der Waals surface area contributed by atoms with E-state index in [1.165, 1.54) is 11.8 Å². The molecule has 2 amide bonds. The SMILES string of the molecule is O=C(NCC(=O)N1CCCC1)c1cccnc1Sc1ccc(Br)cc1. The maximum atomic E-state index is 12.5. The van der Waals surface area contributed by atoms with Gasteiger partial charge in [-0.15, -0.1) is 0 Å². The van der Waals surface area contributed by atoms with Crippen LogP contribution in [-0.2, 0) is 4.79 Å². The molecule has 7 heteroatoms. The highest BCUT2D eigenvalue weighted by Gasteiger charge is 2.19. The lowest BCUT2D eigenvalue weighted by atomic mass is 10.2. The van der Waals surface area contributed by atoms with Crippen LogP contribution in [0, 0.1) is 0 Å². The zero-order valence-corrected chi connectivity index (χ0v) is 16.0. The molecule has 1 aliphatic heterocycles. The summed E-state index contributed by atoms with van der Waals surface area (Å²) < 4.78 is 0.997. The molecule has 2 heterocycles. The van der Waals surface area contributed by atoms with Gasteiger partial charge in [0.2, 0.25) is 5.91 Å². The van der Waals surface area contributed by atoms with E-state index in [0.717, 1.165) is 35.3 Å². The van der Waals surface area contributed by atoms with Gasteiger partial charge < -0.3 is 10.2 Å². The summed E-state index contributed by atoms with van der Waals surface area (Å²) in [5.41, 5.74) is 0.477. The summed E-state index contributed by atoms with van der Waals surface area (Å²) in [6.45, 7) is 1.59. The van der Waals surface area contributed by atoms with Crippen LogP contribution in [0.2, 0.25) is 0 Å². The van der Waals surface area contributed by atoms with Crippen molar-refractivity contribution >= 4 is 39.5 Å². The molecule has 1 aromatic heterocycles. The Morgan fingerprint density at radius 1 is 1.16 bits per heavy atom. The predicted octanol–water partition coefficient (Wildman–Crippen LogP) is 3.35. The van der Waals surface area contributed by atoms with Crippen molar-refractivity contribution in [1.29, 1.82) is 0 Å². The maximum absolute atomic E-state index is 12.5. The Hall–Kier alpha value is -1.86. The smallest absolute Gasteiger partial charge is 0.254 e. The Morgan fingerprint density at radius 3 is 2.60 bits per heavy atom. The topological polar surface area (TPSA) is 62.3 Å². The van der Waals surface area contributed by atoms with Crippen LogP contribution in [0.25, 0.3) is 0 Å². The van der Waals surface area contributed by atoms with Crippen LogP contribution in [0.1, 0.15) is 23.2 Å². The molecule has 0 bridgehead atoms. The minimum atomic E-state index is -0.278. The van der Waals surface area contributed by atoms with Crippen LogP contribution < -0.4 is 5.32 Å². The Kier molecular flexibility index (Phi) is 6.09. The second kappa shape index (κ2) is 8.49. The van der Waals surface area contributed by atoms with Gasteiger partial charge in [-0.25, -0.2) is 4.98 Å². The molecule has 1 aromatic carbocycles. The quantitative estimate of drug-likeness (QED) is 0.806. The monoisotopic (exact) mass is 419 g/mol. The molecule has 0 radical (unpaired) electrons. The van der Waals surface area contributed by atoms with Crippen molar-refractivity contribution in [2.24, 2.45) is 0 Å². The van der Waals surface area contributed by atoms with E-state index in [1.54, 1.807) is 23.2 Å². The number of benzene rings is 1. The van der Waals surface area contributed by atoms with Crippen LogP contribution in [0.3, 0.4) is 0 Å². The zero-order valence-electron chi connectivity index (χ0n) is 13.6. The van der Waals surface area contributed by atoms with E-state index in [1.807, 2.05) is 24.3 Å². The van der Waals surface area contributed by atoms with E-state index in [4.69, 9.17) is 0 Å². The van der Waals surface area contributed by atoms with Gasteiger partial charge in [0.1, 0.15) is 5.03 Å². The summed E-state index contributed by atoms with van der Waals surface area (Å²) in [4.78, 5) is 31.7. The first kappa shape index (κ1) is 17.9.